The van der Waals surface area contributed by atoms with Crippen molar-refractivity contribution in [2.75, 3.05) is 10.7 Å². The number of hydrogen-bond acceptors (Lipinski definition) is 4. The normalized spacial score (nSPS) is 15.7. The quantitative estimate of drug-likeness (QED) is 0.570. The largest absolute Gasteiger partial charge is 0.308 e. The fraction of sp³-hybridized carbons (Fsp3) is 0.286. The number of para-hydroxylation sites is 1. The first-order valence-corrected chi connectivity index (χ1v) is 10.7. The van der Waals surface area contributed by atoms with E-state index in [9.17, 15) is 4.79 Å². The molecule has 0 aliphatic carbocycles. The Hall–Kier alpha value is -2.31. The van der Waals surface area contributed by atoms with E-state index in [1.807, 2.05) is 58.9 Å². The molecule has 0 spiro atoms. The van der Waals surface area contributed by atoms with Gasteiger partial charge in [0, 0.05) is 28.9 Å². The predicted octanol–water partition coefficient (Wildman–Crippen LogP) is 4.69. The van der Waals surface area contributed by atoms with Crippen LogP contribution < -0.4 is 4.90 Å². The summed E-state index contributed by atoms with van der Waals surface area (Å²) in [6, 6.07) is 15.9. The van der Waals surface area contributed by atoms with Crippen LogP contribution in [0.5, 0.6) is 0 Å². The SMILES string of the molecule is CCn1c(SCC(=O)N2c3ccccc3C[C@@H]2C)nnc1-c1ccc(Cl)cc1. The summed E-state index contributed by atoms with van der Waals surface area (Å²) < 4.78 is 2.03. The van der Waals surface area contributed by atoms with Crippen molar-refractivity contribution in [3.05, 3.63) is 59.1 Å². The van der Waals surface area contributed by atoms with Gasteiger partial charge in [-0.15, -0.1) is 10.2 Å². The Labute approximate surface area is 173 Å². The van der Waals surface area contributed by atoms with Crippen LogP contribution in [0.4, 0.5) is 5.69 Å². The van der Waals surface area contributed by atoms with E-state index in [0.29, 0.717) is 10.8 Å². The zero-order valence-electron chi connectivity index (χ0n) is 15.8. The molecule has 2 aromatic carbocycles. The molecule has 144 valence electrons. The second-order valence-electron chi connectivity index (χ2n) is 6.79. The minimum Gasteiger partial charge on any atom is -0.308 e. The zero-order valence-corrected chi connectivity index (χ0v) is 17.4. The van der Waals surface area contributed by atoms with Gasteiger partial charge in [0.25, 0.3) is 0 Å². The molecule has 0 N–H and O–H groups in total. The van der Waals surface area contributed by atoms with Crippen molar-refractivity contribution in [2.45, 2.75) is 38.0 Å². The Morgan fingerprint density at radius 1 is 1.18 bits per heavy atom. The molecule has 5 nitrogen and oxygen atoms in total. The van der Waals surface area contributed by atoms with E-state index in [1.165, 1.54) is 17.3 Å². The molecular formula is C21H21ClN4OS. The zero-order chi connectivity index (χ0) is 19.7. The van der Waals surface area contributed by atoms with Crippen LogP contribution in [0.2, 0.25) is 5.02 Å². The second-order valence-corrected chi connectivity index (χ2v) is 8.17. The van der Waals surface area contributed by atoms with Gasteiger partial charge in [-0.1, -0.05) is 41.6 Å². The van der Waals surface area contributed by atoms with Crippen LogP contribution in [0.25, 0.3) is 11.4 Å². The lowest BCUT2D eigenvalue weighted by molar-refractivity contribution is -0.116. The van der Waals surface area contributed by atoms with E-state index >= 15 is 0 Å². The van der Waals surface area contributed by atoms with Crippen molar-refractivity contribution >= 4 is 35.0 Å². The first-order chi connectivity index (χ1) is 13.6. The van der Waals surface area contributed by atoms with Crippen molar-refractivity contribution in [1.29, 1.82) is 0 Å². The highest BCUT2D eigenvalue weighted by atomic mass is 35.5. The summed E-state index contributed by atoms with van der Waals surface area (Å²) in [5.74, 6) is 1.22. The van der Waals surface area contributed by atoms with Crippen LogP contribution in [0.3, 0.4) is 0 Å². The third-order valence-electron chi connectivity index (χ3n) is 4.94. The number of carbonyl (C=O) groups excluding carboxylic acids is 1. The first kappa shape index (κ1) is 19.0. The number of aromatic nitrogens is 3. The molecule has 28 heavy (non-hydrogen) atoms. The summed E-state index contributed by atoms with van der Waals surface area (Å²) in [5.41, 5.74) is 3.22. The number of anilines is 1. The number of fused-ring (bicyclic) bond motifs is 1. The fourth-order valence-electron chi connectivity index (χ4n) is 3.63. The third kappa shape index (κ3) is 3.54. The van der Waals surface area contributed by atoms with Crippen molar-refractivity contribution in [3.8, 4) is 11.4 Å². The molecule has 0 fully saturated rings. The minimum absolute atomic E-state index is 0.0983. The van der Waals surface area contributed by atoms with Gasteiger partial charge in [0.2, 0.25) is 5.91 Å². The van der Waals surface area contributed by atoms with Gasteiger partial charge in [0.05, 0.1) is 5.75 Å². The number of rotatable bonds is 5. The molecule has 1 aromatic heterocycles. The molecule has 0 radical (unpaired) electrons. The number of amides is 1. The maximum absolute atomic E-state index is 12.9. The molecule has 1 aliphatic rings. The van der Waals surface area contributed by atoms with Gasteiger partial charge in [0.15, 0.2) is 11.0 Å². The first-order valence-electron chi connectivity index (χ1n) is 9.30. The van der Waals surface area contributed by atoms with Crippen LogP contribution in [-0.2, 0) is 17.8 Å². The van der Waals surface area contributed by atoms with Crippen LogP contribution in [0.15, 0.2) is 53.7 Å². The molecule has 3 aromatic rings. The summed E-state index contributed by atoms with van der Waals surface area (Å²) in [5, 5.41) is 10.1. The molecule has 7 heteroatoms. The van der Waals surface area contributed by atoms with Gasteiger partial charge >= 0.3 is 0 Å². The lowest BCUT2D eigenvalue weighted by atomic mass is 10.1. The highest BCUT2D eigenvalue weighted by Gasteiger charge is 2.30. The number of thioether (sulfide) groups is 1. The van der Waals surface area contributed by atoms with E-state index in [4.69, 9.17) is 11.6 Å². The Morgan fingerprint density at radius 2 is 1.93 bits per heavy atom. The molecule has 4 rings (SSSR count). The van der Waals surface area contributed by atoms with Crippen molar-refractivity contribution < 1.29 is 4.79 Å². The molecule has 1 amide bonds. The van der Waals surface area contributed by atoms with Crippen molar-refractivity contribution in [2.24, 2.45) is 0 Å². The number of benzene rings is 2. The summed E-state index contributed by atoms with van der Waals surface area (Å²) >= 11 is 7.42. The monoisotopic (exact) mass is 412 g/mol. The Bertz CT molecular complexity index is 1000. The van der Waals surface area contributed by atoms with E-state index in [1.54, 1.807) is 0 Å². The maximum atomic E-state index is 12.9. The maximum Gasteiger partial charge on any atom is 0.237 e. The number of nitrogens with zero attached hydrogens (tertiary/aromatic N) is 4. The molecule has 1 atom stereocenters. The summed E-state index contributed by atoms with van der Waals surface area (Å²) in [7, 11) is 0. The van der Waals surface area contributed by atoms with Gasteiger partial charge in [-0.05, 0) is 56.2 Å². The highest BCUT2D eigenvalue weighted by molar-refractivity contribution is 7.99. The number of carbonyl (C=O) groups is 1. The Morgan fingerprint density at radius 3 is 2.68 bits per heavy atom. The number of halogens is 1. The Balaban J connectivity index is 1.51. The van der Waals surface area contributed by atoms with Gasteiger partial charge < -0.3 is 9.47 Å². The molecule has 0 bridgehead atoms. The van der Waals surface area contributed by atoms with Crippen LogP contribution in [-0.4, -0.2) is 32.5 Å². The standard InChI is InChI=1S/C21H21ClN4OS/c1-3-25-20(15-8-10-17(22)11-9-15)23-24-21(25)28-13-19(27)26-14(2)12-16-6-4-5-7-18(16)26/h4-11,14H,3,12-13H2,1-2H3/t14-/m0/s1. The average molecular weight is 413 g/mol. The van der Waals surface area contributed by atoms with Crippen LogP contribution in [0, 0.1) is 0 Å². The summed E-state index contributed by atoms with van der Waals surface area (Å²) in [6.45, 7) is 4.87. The molecule has 2 heterocycles. The molecule has 0 saturated carbocycles. The second kappa shape index (κ2) is 7.97. The lowest BCUT2D eigenvalue weighted by Crippen LogP contribution is -2.37. The van der Waals surface area contributed by atoms with Crippen LogP contribution >= 0.6 is 23.4 Å². The van der Waals surface area contributed by atoms with Crippen molar-refractivity contribution in [1.82, 2.24) is 14.8 Å². The third-order valence-corrected chi connectivity index (χ3v) is 6.14. The predicted molar refractivity (Wildman–Crippen MR) is 114 cm³/mol. The van der Waals surface area contributed by atoms with Gasteiger partial charge in [-0.3, -0.25) is 4.79 Å². The Kier molecular flexibility index (Phi) is 5.42. The topological polar surface area (TPSA) is 51.0 Å². The fourth-order valence-corrected chi connectivity index (χ4v) is 4.62. The van der Waals surface area contributed by atoms with E-state index in [0.717, 1.165) is 35.2 Å². The van der Waals surface area contributed by atoms with E-state index in [-0.39, 0.29) is 11.9 Å². The van der Waals surface area contributed by atoms with Crippen LogP contribution in [0.1, 0.15) is 19.4 Å². The van der Waals surface area contributed by atoms with Gasteiger partial charge in [-0.2, -0.15) is 0 Å². The smallest absolute Gasteiger partial charge is 0.237 e. The minimum atomic E-state index is 0.0983. The molecule has 0 unspecified atom stereocenters. The lowest BCUT2D eigenvalue weighted by Gasteiger charge is -2.22. The average Bonchev–Trinajstić information content (AvgIpc) is 3.26. The molecule has 1 aliphatic heterocycles. The highest BCUT2D eigenvalue weighted by Crippen LogP contribution is 2.33. The van der Waals surface area contributed by atoms with E-state index < -0.39 is 0 Å². The molecule has 0 saturated heterocycles. The summed E-state index contributed by atoms with van der Waals surface area (Å²) in [6.07, 6.45) is 0.901. The van der Waals surface area contributed by atoms with Gasteiger partial charge in [0.1, 0.15) is 0 Å². The van der Waals surface area contributed by atoms with Crippen molar-refractivity contribution in [3.63, 3.8) is 0 Å². The van der Waals surface area contributed by atoms with E-state index in [2.05, 4.69) is 23.2 Å². The summed E-state index contributed by atoms with van der Waals surface area (Å²) in [4.78, 5) is 14.9. The molecular weight excluding hydrogens is 392 g/mol. The number of hydrogen-bond donors (Lipinski definition) is 0. The van der Waals surface area contributed by atoms with Gasteiger partial charge in [-0.25, -0.2) is 0 Å².